The number of anilines is 2. The molecule has 20 heavy (non-hydrogen) atoms. The molecule has 1 aromatic rings. The molecule has 1 aromatic carbocycles. The van der Waals surface area contributed by atoms with Gasteiger partial charge in [0, 0.05) is 18.8 Å². The molecule has 0 aliphatic carbocycles. The van der Waals surface area contributed by atoms with Crippen molar-refractivity contribution in [1.29, 1.82) is 5.26 Å². The zero-order chi connectivity index (χ0) is 14.5. The summed E-state index contributed by atoms with van der Waals surface area (Å²) in [4.78, 5) is 13.8. The number of carbonyl (C=O) groups excluding carboxylic acids is 1. The highest BCUT2D eigenvalue weighted by atomic mass is 35.5. The number of nitrogens with zero attached hydrogens (tertiary/aromatic N) is 2. The molecule has 1 atom stereocenters. The SMILES string of the molecule is N#CC1CN(CC(=O)Nc2ccc(N)cc2Cl)CCO1. The number of benzene rings is 1. The minimum atomic E-state index is -0.475. The van der Waals surface area contributed by atoms with Gasteiger partial charge in [-0.3, -0.25) is 9.69 Å². The smallest absolute Gasteiger partial charge is 0.238 e. The Hall–Kier alpha value is -1.81. The standard InChI is InChI=1S/C13H15ClN4O2/c14-11-5-9(16)1-2-12(11)17-13(19)8-18-3-4-20-10(6-15)7-18/h1-2,5,10H,3-4,7-8,16H2,(H,17,19). The van der Waals surface area contributed by atoms with Crippen LogP contribution in [0.3, 0.4) is 0 Å². The third kappa shape index (κ3) is 3.84. The minimum Gasteiger partial charge on any atom is -0.399 e. The summed E-state index contributed by atoms with van der Waals surface area (Å²) in [6.07, 6.45) is -0.475. The summed E-state index contributed by atoms with van der Waals surface area (Å²) in [5.41, 5.74) is 6.65. The fraction of sp³-hybridized carbons (Fsp3) is 0.385. The summed E-state index contributed by atoms with van der Waals surface area (Å²) in [6.45, 7) is 1.71. The van der Waals surface area contributed by atoms with E-state index in [9.17, 15) is 4.79 Å². The van der Waals surface area contributed by atoms with E-state index in [4.69, 9.17) is 27.3 Å². The maximum atomic E-state index is 11.9. The zero-order valence-electron chi connectivity index (χ0n) is 10.8. The van der Waals surface area contributed by atoms with E-state index >= 15 is 0 Å². The van der Waals surface area contributed by atoms with Gasteiger partial charge in [-0.05, 0) is 18.2 Å². The molecular formula is C13H15ClN4O2. The van der Waals surface area contributed by atoms with E-state index in [-0.39, 0.29) is 12.5 Å². The van der Waals surface area contributed by atoms with E-state index in [1.54, 1.807) is 18.2 Å². The molecule has 0 saturated carbocycles. The van der Waals surface area contributed by atoms with Gasteiger partial charge in [0.05, 0.1) is 29.9 Å². The Bertz CT molecular complexity index is 544. The first kappa shape index (κ1) is 14.6. The van der Waals surface area contributed by atoms with Crippen LogP contribution in [-0.2, 0) is 9.53 Å². The molecule has 1 saturated heterocycles. The van der Waals surface area contributed by atoms with Crippen LogP contribution in [0, 0.1) is 11.3 Å². The van der Waals surface area contributed by atoms with Gasteiger partial charge in [-0.15, -0.1) is 0 Å². The van der Waals surface area contributed by atoms with E-state index in [0.29, 0.717) is 36.1 Å². The van der Waals surface area contributed by atoms with Crippen molar-refractivity contribution in [2.24, 2.45) is 0 Å². The lowest BCUT2D eigenvalue weighted by atomic mass is 10.2. The molecule has 0 spiro atoms. The van der Waals surface area contributed by atoms with Crippen molar-refractivity contribution < 1.29 is 9.53 Å². The van der Waals surface area contributed by atoms with E-state index in [2.05, 4.69) is 5.32 Å². The predicted molar refractivity (Wildman–Crippen MR) is 76.3 cm³/mol. The van der Waals surface area contributed by atoms with Crippen molar-refractivity contribution in [3.63, 3.8) is 0 Å². The number of nitrogens with one attached hydrogen (secondary N) is 1. The van der Waals surface area contributed by atoms with Gasteiger partial charge < -0.3 is 15.8 Å². The summed E-state index contributed by atoms with van der Waals surface area (Å²) >= 11 is 5.99. The fourth-order valence-corrected chi connectivity index (χ4v) is 2.19. The molecule has 1 unspecified atom stereocenters. The van der Waals surface area contributed by atoms with Gasteiger partial charge in [-0.2, -0.15) is 5.26 Å². The highest BCUT2D eigenvalue weighted by Gasteiger charge is 2.21. The first-order valence-corrected chi connectivity index (χ1v) is 6.54. The maximum absolute atomic E-state index is 11.9. The van der Waals surface area contributed by atoms with Crippen LogP contribution in [0.15, 0.2) is 18.2 Å². The minimum absolute atomic E-state index is 0.185. The maximum Gasteiger partial charge on any atom is 0.238 e. The normalized spacial score (nSPS) is 19.3. The van der Waals surface area contributed by atoms with Gasteiger partial charge in [0.25, 0.3) is 0 Å². The molecule has 7 heteroatoms. The van der Waals surface area contributed by atoms with Crippen LogP contribution in [0.5, 0.6) is 0 Å². The molecule has 3 N–H and O–H groups in total. The Morgan fingerprint density at radius 2 is 2.45 bits per heavy atom. The Kier molecular flexibility index (Phi) is 4.79. The van der Waals surface area contributed by atoms with Crippen molar-refractivity contribution >= 4 is 28.9 Å². The largest absolute Gasteiger partial charge is 0.399 e. The lowest BCUT2D eigenvalue weighted by Crippen LogP contribution is -2.45. The van der Waals surface area contributed by atoms with Gasteiger partial charge in [-0.1, -0.05) is 11.6 Å². The number of hydrogen-bond donors (Lipinski definition) is 2. The average molecular weight is 295 g/mol. The van der Waals surface area contributed by atoms with E-state index in [1.165, 1.54) is 0 Å². The molecule has 1 aliphatic heterocycles. The molecule has 2 rings (SSSR count). The number of carbonyl (C=O) groups is 1. The third-order valence-corrected chi connectivity index (χ3v) is 3.24. The molecule has 106 valence electrons. The monoisotopic (exact) mass is 294 g/mol. The van der Waals surface area contributed by atoms with Crippen LogP contribution in [0.4, 0.5) is 11.4 Å². The number of halogens is 1. The summed E-state index contributed by atoms with van der Waals surface area (Å²) in [7, 11) is 0. The first-order chi connectivity index (χ1) is 9.58. The van der Waals surface area contributed by atoms with E-state index in [1.807, 2.05) is 11.0 Å². The van der Waals surface area contributed by atoms with Crippen molar-refractivity contribution in [2.45, 2.75) is 6.10 Å². The van der Waals surface area contributed by atoms with Crippen LogP contribution in [0.2, 0.25) is 5.02 Å². The number of nitrogen functional groups attached to an aromatic ring is 1. The molecule has 0 bridgehead atoms. The number of morpholine rings is 1. The van der Waals surface area contributed by atoms with Gasteiger partial charge >= 0.3 is 0 Å². The van der Waals surface area contributed by atoms with Crippen LogP contribution in [0.25, 0.3) is 0 Å². The quantitative estimate of drug-likeness (QED) is 0.814. The number of rotatable bonds is 3. The highest BCUT2D eigenvalue weighted by Crippen LogP contribution is 2.23. The summed E-state index contributed by atoms with van der Waals surface area (Å²) < 4.78 is 5.22. The van der Waals surface area contributed by atoms with Crippen LogP contribution < -0.4 is 11.1 Å². The lowest BCUT2D eigenvalue weighted by Gasteiger charge is -2.28. The molecular weight excluding hydrogens is 280 g/mol. The molecule has 1 aliphatic rings. The van der Waals surface area contributed by atoms with E-state index < -0.39 is 6.10 Å². The molecule has 1 heterocycles. The zero-order valence-corrected chi connectivity index (χ0v) is 11.6. The Balaban J connectivity index is 1.90. The van der Waals surface area contributed by atoms with Crippen molar-refractivity contribution in [1.82, 2.24) is 4.90 Å². The lowest BCUT2D eigenvalue weighted by molar-refractivity contribution is -0.118. The number of ether oxygens (including phenoxy) is 1. The fourth-order valence-electron chi connectivity index (χ4n) is 1.95. The average Bonchev–Trinajstić information content (AvgIpc) is 2.42. The Labute approximate surface area is 122 Å². The van der Waals surface area contributed by atoms with Crippen LogP contribution in [-0.4, -0.2) is 43.2 Å². The summed E-state index contributed by atoms with van der Waals surface area (Å²) in [5.74, 6) is -0.185. The topological polar surface area (TPSA) is 91.4 Å². The molecule has 1 fully saturated rings. The van der Waals surface area contributed by atoms with Gasteiger partial charge in [0.1, 0.15) is 0 Å². The van der Waals surface area contributed by atoms with Crippen molar-refractivity contribution in [2.75, 3.05) is 37.3 Å². The second kappa shape index (κ2) is 6.57. The first-order valence-electron chi connectivity index (χ1n) is 6.17. The number of amides is 1. The molecule has 6 nitrogen and oxygen atoms in total. The highest BCUT2D eigenvalue weighted by molar-refractivity contribution is 6.34. The molecule has 1 amide bonds. The van der Waals surface area contributed by atoms with Crippen molar-refractivity contribution in [3.05, 3.63) is 23.2 Å². The predicted octanol–water partition coefficient (Wildman–Crippen LogP) is 1.09. The Morgan fingerprint density at radius 1 is 1.65 bits per heavy atom. The number of nitriles is 1. The van der Waals surface area contributed by atoms with Crippen molar-refractivity contribution in [3.8, 4) is 6.07 Å². The molecule has 0 aromatic heterocycles. The van der Waals surface area contributed by atoms with Gasteiger partial charge in [0.2, 0.25) is 5.91 Å². The number of hydrogen-bond acceptors (Lipinski definition) is 5. The third-order valence-electron chi connectivity index (χ3n) is 2.93. The van der Waals surface area contributed by atoms with E-state index in [0.717, 1.165) is 0 Å². The second-order valence-corrected chi connectivity index (χ2v) is 4.92. The molecule has 0 radical (unpaired) electrons. The van der Waals surface area contributed by atoms with Gasteiger partial charge in [-0.25, -0.2) is 0 Å². The summed E-state index contributed by atoms with van der Waals surface area (Å²) in [5, 5.41) is 11.9. The van der Waals surface area contributed by atoms with Gasteiger partial charge in [0.15, 0.2) is 6.10 Å². The second-order valence-electron chi connectivity index (χ2n) is 4.51. The summed E-state index contributed by atoms with van der Waals surface area (Å²) in [6, 6.07) is 6.95. The van der Waals surface area contributed by atoms with Crippen LogP contribution in [0.1, 0.15) is 0 Å². The van der Waals surface area contributed by atoms with Crippen LogP contribution >= 0.6 is 11.6 Å². The number of nitrogens with two attached hydrogens (primary N) is 1. The Morgan fingerprint density at radius 3 is 3.15 bits per heavy atom.